The van der Waals surface area contributed by atoms with Gasteiger partial charge in [-0.2, -0.15) is 5.10 Å². The minimum absolute atomic E-state index is 0.0561. The Morgan fingerprint density at radius 1 is 1.21 bits per heavy atom. The van der Waals surface area contributed by atoms with Gasteiger partial charge in [-0.1, -0.05) is 49.4 Å². The Hall–Kier alpha value is -2.62. The Bertz CT molecular complexity index is 878. The average Bonchev–Trinajstić information content (AvgIpc) is 3.10. The Morgan fingerprint density at radius 2 is 2.04 bits per heavy atom. The lowest BCUT2D eigenvalue weighted by molar-refractivity contribution is 0.0677. The minimum Gasteiger partial charge on any atom is -0.337 e. The van der Waals surface area contributed by atoms with Gasteiger partial charge in [0.25, 0.3) is 5.91 Å². The zero-order valence-corrected chi connectivity index (χ0v) is 13.8. The maximum Gasteiger partial charge on any atom is 0.271 e. The third kappa shape index (κ3) is 2.68. The van der Waals surface area contributed by atoms with Crippen molar-refractivity contribution in [3.63, 3.8) is 0 Å². The molecule has 0 aliphatic carbocycles. The third-order valence-corrected chi connectivity index (χ3v) is 4.82. The molecule has 1 N–H and O–H groups in total. The molecule has 24 heavy (non-hydrogen) atoms. The SMILES string of the molecule is C[C@@H]1CCCN(C(=O)c2cc(-c3cccc4ccccc34)n[nH]2)C1. The van der Waals surface area contributed by atoms with Gasteiger partial charge in [0.1, 0.15) is 5.69 Å². The Balaban J connectivity index is 1.66. The number of amides is 1. The first-order chi connectivity index (χ1) is 11.7. The van der Waals surface area contributed by atoms with Crippen LogP contribution < -0.4 is 0 Å². The van der Waals surface area contributed by atoms with Crippen LogP contribution in [-0.4, -0.2) is 34.1 Å². The van der Waals surface area contributed by atoms with Crippen LogP contribution >= 0.6 is 0 Å². The second kappa shape index (κ2) is 6.11. The smallest absolute Gasteiger partial charge is 0.271 e. The van der Waals surface area contributed by atoms with Crippen LogP contribution in [0.1, 0.15) is 30.3 Å². The molecule has 0 unspecified atom stereocenters. The zero-order valence-electron chi connectivity index (χ0n) is 13.8. The number of aromatic amines is 1. The first-order valence-electron chi connectivity index (χ1n) is 8.55. The number of hydrogen-bond acceptors (Lipinski definition) is 2. The molecule has 1 aliphatic rings. The number of benzene rings is 2. The van der Waals surface area contributed by atoms with Gasteiger partial charge in [-0.15, -0.1) is 0 Å². The number of nitrogens with zero attached hydrogens (tertiary/aromatic N) is 2. The summed E-state index contributed by atoms with van der Waals surface area (Å²) in [6, 6.07) is 16.3. The highest BCUT2D eigenvalue weighted by Crippen LogP contribution is 2.28. The van der Waals surface area contributed by atoms with E-state index in [-0.39, 0.29) is 5.91 Å². The number of aromatic nitrogens is 2. The van der Waals surface area contributed by atoms with Crippen LogP contribution in [-0.2, 0) is 0 Å². The number of fused-ring (bicyclic) bond motifs is 1. The Morgan fingerprint density at radius 3 is 2.92 bits per heavy atom. The Labute approximate surface area is 141 Å². The monoisotopic (exact) mass is 319 g/mol. The molecule has 1 atom stereocenters. The molecule has 1 fully saturated rings. The van der Waals surface area contributed by atoms with E-state index < -0.39 is 0 Å². The predicted molar refractivity (Wildman–Crippen MR) is 95.8 cm³/mol. The van der Waals surface area contributed by atoms with Gasteiger partial charge in [0.15, 0.2) is 0 Å². The predicted octanol–water partition coefficient (Wildman–Crippen LogP) is 4.10. The average molecular weight is 319 g/mol. The highest BCUT2D eigenvalue weighted by atomic mass is 16.2. The molecule has 4 nitrogen and oxygen atoms in total. The first kappa shape index (κ1) is 14.9. The highest BCUT2D eigenvalue weighted by molar-refractivity contribution is 5.98. The first-order valence-corrected chi connectivity index (χ1v) is 8.55. The summed E-state index contributed by atoms with van der Waals surface area (Å²) in [5.41, 5.74) is 2.45. The van der Waals surface area contributed by atoms with E-state index in [2.05, 4.69) is 41.4 Å². The maximum atomic E-state index is 12.7. The van der Waals surface area contributed by atoms with Gasteiger partial charge in [0.2, 0.25) is 0 Å². The summed E-state index contributed by atoms with van der Waals surface area (Å²) in [7, 11) is 0. The molecule has 1 amide bonds. The molecular weight excluding hydrogens is 298 g/mol. The molecule has 3 aromatic rings. The summed E-state index contributed by atoms with van der Waals surface area (Å²) in [6.07, 6.45) is 2.28. The van der Waals surface area contributed by atoms with Crippen LogP contribution in [0.3, 0.4) is 0 Å². The molecule has 1 aliphatic heterocycles. The minimum atomic E-state index is 0.0561. The Kier molecular flexibility index (Phi) is 3.81. The van der Waals surface area contributed by atoms with E-state index in [0.717, 1.165) is 36.2 Å². The van der Waals surface area contributed by atoms with Crippen molar-refractivity contribution in [2.45, 2.75) is 19.8 Å². The van der Waals surface area contributed by atoms with Crippen molar-refractivity contribution in [1.82, 2.24) is 15.1 Å². The van der Waals surface area contributed by atoms with Crippen molar-refractivity contribution in [2.75, 3.05) is 13.1 Å². The van der Waals surface area contributed by atoms with Crippen molar-refractivity contribution < 1.29 is 4.79 Å². The second-order valence-corrected chi connectivity index (χ2v) is 6.69. The van der Waals surface area contributed by atoms with Crippen LogP contribution in [0.25, 0.3) is 22.0 Å². The number of nitrogens with one attached hydrogen (secondary N) is 1. The van der Waals surface area contributed by atoms with Crippen molar-refractivity contribution in [1.29, 1.82) is 0 Å². The number of H-pyrrole nitrogens is 1. The lowest BCUT2D eigenvalue weighted by Gasteiger charge is -2.30. The van der Waals surface area contributed by atoms with Gasteiger partial charge in [-0.25, -0.2) is 0 Å². The fourth-order valence-corrected chi connectivity index (χ4v) is 3.56. The molecule has 4 rings (SSSR count). The van der Waals surface area contributed by atoms with E-state index in [4.69, 9.17) is 0 Å². The van der Waals surface area contributed by atoms with Crippen LogP contribution in [0.4, 0.5) is 0 Å². The molecule has 2 aromatic carbocycles. The number of likely N-dealkylation sites (tertiary alicyclic amines) is 1. The molecule has 1 aromatic heterocycles. The molecule has 0 spiro atoms. The topological polar surface area (TPSA) is 49.0 Å². The van der Waals surface area contributed by atoms with Crippen molar-refractivity contribution in [3.05, 3.63) is 54.2 Å². The molecule has 4 heteroatoms. The number of hydrogen-bond donors (Lipinski definition) is 1. The van der Waals surface area contributed by atoms with Crippen molar-refractivity contribution in [2.24, 2.45) is 5.92 Å². The molecule has 122 valence electrons. The van der Waals surface area contributed by atoms with Gasteiger partial charge in [-0.3, -0.25) is 9.89 Å². The van der Waals surface area contributed by atoms with Crippen molar-refractivity contribution >= 4 is 16.7 Å². The standard InChI is InChI=1S/C20H21N3O/c1-14-6-5-11-23(13-14)20(24)19-12-18(21-22-19)17-10-4-8-15-7-2-3-9-16(15)17/h2-4,7-10,12,14H,5-6,11,13H2,1H3,(H,21,22)/t14-/m1/s1. The lowest BCUT2D eigenvalue weighted by Crippen LogP contribution is -2.39. The molecule has 2 heterocycles. The van der Waals surface area contributed by atoms with Gasteiger partial charge in [-0.05, 0) is 35.6 Å². The third-order valence-electron chi connectivity index (χ3n) is 4.82. The summed E-state index contributed by atoms with van der Waals surface area (Å²) in [4.78, 5) is 14.6. The lowest BCUT2D eigenvalue weighted by atomic mass is 10.00. The second-order valence-electron chi connectivity index (χ2n) is 6.69. The van der Waals surface area contributed by atoms with Crippen LogP contribution in [0.15, 0.2) is 48.5 Å². The number of rotatable bonds is 2. The maximum absolute atomic E-state index is 12.7. The number of carbonyl (C=O) groups excluding carboxylic acids is 1. The fourth-order valence-electron chi connectivity index (χ4n) is 3.56. The summed E-state index contributed by atoms with van der Waals surface area (Å²) in [6.45, 7) is 3.88. The summed E-state index contributed by atoms with van der Waals surface area (Å²) >= 11 is 0. The highest BCUT2D eigenvalue weighted by Gasteiger charge is 2.23. The van der Waals surface area contributed by atoms with Crippen molar-refractivity contribution in [3.8, 4) is 11.3 Å². The molecule has 1 saturated heterocycles. The summed E-state index contributed by atoms with van der Waals surface area (Å²) < 4.78 is 0. The van der Waals surface area contributed by atoms with Crippen LogP contribution in [0, 0.1) is 5.92 Å². The normalized spacial score (nSPS) is 18.0. The van der Waals surface area contributed by atoms with E-state index in [1.165, 1.54) is 11.8 Å². The van der Waals surface area contributed by atoms with E-state index in [1.54, 1.807) is 0 Å². The van der Waals surface area contributed by atoms with E-state index in [1.807, 2.05) is 29.2 Å². The van der Waals surface area contributed by atoms with Gasteiger partial charge < -0.3 is 4.90 Å². The zero-order chi connectivity index (χ0) is 16.5. The molecule has 0 radical (unpaired) electrons. The summed E-state index contributed by atoms with van der Waals surface area (Å²) in [5.74, 6) is 0.628. The number of piperidine rings is 1. The quantitative estimate of drug-likeness (QED) is 0.773. The van der Waals surface area contributed by atoms with E-state index in [9.17, 15) is 4.79 Å². The van der Waals surface area contributed by atoms with Crippen LogP contribution in [0.2, 0.25) is 0 Å². The largest absolute Gasteiger partial charge is 0.337 e. The number of carbonyl (C=O) groups is 1. The van der Waals surface area contributed by atoms with Gasteiger partial charge >= 0.3 is 0 Å². The van der Waals surface area contributed by atoms with Gasteiger partial charge in [0.05, 0.1) is 5.69 Å². The van der Waals surface area contributed by atoms with Gasteiger partial charge in [0, 0.05) is 18.7 Å². The summed E-state index contributed by atoms with van der Waals surface area (Å²) in [5, 5.41) is 9.67. The fraction of sp³-hybridized carbons (Fsp3) is 0.300. The van der Waals surface area contributed by atoms with E-state index in [0.29, 0.717) is 11.6 Å². The van der Waals surface area contributed by atoms with E-state index >= 15 is 0 Å². The molecular formula is C20H21N3O. The molecule has 0 saturated carbocycles. The van der Waals surface area contributed by atoms with Crippen LogP contribution in [0.5, 0.6) is 0 Å². The molecule has 0 bridgehead atoms.